The van der Waals surface area contributed by atoms with Gasteiger partial charge in [-0.2, -0.15) is 0 Å². The minimum atomic E-state index is -0.219. The van der Waals surface area contributed by atoms with Gasteiger partial charge in [-0.3, -0.25) is 0 Å². The van der Waals surface area contributed by atoms with Crippen LogP contribution in [0.4, 0.5) is 4.79 Å². The predicted octanol–water partition coefficient (Wildman–Crippen LogP) is 5.22. The molecule has 0 spiro atoms. The standard InChI is InChI=1S/C25H28N2O4/c1-3-29-25(28)27-15-13-21(17-27)19-9-11-22(12-10-19)30-16-14-23-18(2)31-24(26-23)20-7-5-4-6-8-20/h4-12,21H,3,13-17H2,1-2H3/t21-/m1/s1. The van der Waals surface area contributed by atoms with Crippen LogP contribution in [0.5, 0.6) is 5.75 Å². The lowest BCUT2D eigenvalue weighted by molar-refractivity contribution is 0.115. The van der Waals surface area contributed by atoms with Gasteiger partial charge in [-0.05, 0) is 50.1 Å². The predicted molar refractivity (Wildman–Crippen MR) is 118 cm³/mol. The zero-order valence-electron chi connectivity index (χ0n) is 18.0. The summed E-state index contributed by atoms with van der Waals surface area (Å²) in [5.41, 5.74) is 3.11. The van der Waals surface area contributed by atoms with Gasteiger partial charge in [-0.25, -0.2) is 9.78 Å². The molecule has 162 valence electrons. The van der Waals surface area contributed by atoms with E-state index < -0.39 is 0 Å². The number of carbonyl (C=O) groups excluding carboxylic acids is 1. The molecule has 4 rings (SSSR count). The van der Waals surface area contributed by atoms with Crippen molar-refractivity contribution in [1.82, 2.24) is 9.88 Å². The lowest BCUT2D eigenvalue weighted by Crippen LogP contribution is -2.29. The number of aromatic nitrogens is 1. The Balaban J connectivity index is 1.29. The number of nitrogens with zero attached hydrogens (tertiary/aromatic N) is 2. The molecule has 0 unspecified atom stereocenters. The summed E-state index contributed by atoms with van der Waals surface area (Å²) in [6.07, 6.45) is 1.42. The minimum Gasteiger partial charge on any atom is -0.493 e. The third-order valence-corrected chi connectivity index (χ3v) is 5.59. The molecule has 0 saturated carbocycles. The number of oxazole rings is 1. The van der Waals surface area contributed by atoms with E-state index in [9.17, 15) is 4.79 Å². The molecule has 1 amide bonds. The summed E-state index contributed by atoms with van der Waals surface area (Å²) in [5.74, 6) is 2.64. The molecule has 6 heteroatoms. The number of ether oxygens (including phenoxy) is 2. The average Bonchev–Trinajstić information content (AvgIpc) is 3.43. The maximum atomic E-state index is 11.9. The number of hydrogen-bond donors (Lipinski definition) is 0. The monoisotopic (exact) mass is 420 g/mol. The van der Waals surface area contributed by atoms with Crippen LogP contribution in [0.1, 0.15) is 36.3 Å². The molecule has 2 aromatic carbocycles. The second kappa shape index (κ2) is 9.69. The molecule has 0 N–H and O–H groups in total. The van der Waals surface area contributed by atoms with Gasteiger partial charge >= 0.3 is 6.09 Å². The molecule has 1 aromatic heterocycles. The molecule has 0 bridgehead atoms. The molecule has 6 nitrogen and oxygen atoms in total. The molecule has 0 aliphatic carbocycles. The highest BCUT2D eigenvalue weighted by Crippen LogP contribution is 2.29. The van der Waals surface area contributed by atoms with Gasteiger partial charge in [0.05, 0.1) is 18.9 Å². The summed E-state index contributed by atoms with van der Waals surface area (Å²) in [6, 6.07) is 18.1. The Bertz CT molecular complexity index is 998. The van der Waals surface area contributed by atoms with E-state index in [1.807, 2.05) is 56.3 Å². The highest BCUT2D eigenvalue weighted by molar-refractivity contribution is 5.68. The van der Waals surface area contributed by atoms with Crippen molar-refractivity contribution in [2.45, 2.75) is 32.6 Å². The van der Waals surface area contributed by atoms with Gasteiger partial charge in [0.2, 0.25) is 5.89 Å². The van der Waals surface area contributed by atoms with E-state index in [0.29, 0.717) is 38.0 Å². The van der Waals surface area contributed by atoms with E-state index in [1.54, 1.807) is 4.90 Å². The first kappa shape index (κ1) is 21.0. The second-order valence-corrected chi connectivity index (χ2v) is 7.69. The average molecular weight is 421 g/mol. The molecular weight excluding hydrogens is 392 g/mol. The van der Waals surface area contributed by atoms with E-state index in [2.05, 4.69) is 17.1 Å². The lowest BCUT2D eigenvalue weighted by Gasteiger charge is -2.16. The molecule has 3 aromatic rings. The summed E-state index contributed by atoms with van der Waals surface area (Å²) < 4.78 is 16.8. The van der Waals surface area contributed by atoms with Crippen LogP contribution in [0.2, 0.25) is 0 Å². The lowest BCUT2D eigenvalue weighted by atomic mass is 9.98. The largest absolute Gasteiger partial charge is 0.493 e. The van der Waals surface area contributed by atoms with Crippen LogP contribution in [-0.2, 0) is 11.2 Å². The second-order valence-electron chi connectivity index (χ2n) is 7.69. The number of benzene rings is 2. The van der Waals surface area contributed by atoms with Crippen LogP contribution >= 0.6 is 0 Å². The maximum Gasteiger partial charge on any atom is 0.409 e. The van der Waals surface area contributed by atoms with Crippen molar-refractivity contribution in [2.75, 3.05) is 26.3 Å². The van der Waals surface area contributed by atoms with Crippen LogP contribution in [0.15, 0.2) is 59.0 Å². The van der Waals surface area contributed by atoms with Crippen molar-refractivity contribution in [1.29, 1.82) is 0 Å². The summed E-state index contributed by atoms with van der Waals surface area (Å²) in [7, 11) is 0. The van der Waals surface area contributed by atoms with Gasteiger partial charge in [-0.1, -0.05) is 30.3 Å². The first-order valence-electron chi connectivity index (χ1n) is 10.8. The smallest absolute Gasteiger partial charge is 0.409 e. The SMILES string of the molecule is CCOC(=O)N1CC[C@@H](c2ccc(OCCc3nc(-c4ccccc4)oc3C)cc2)C1. The van der Waals surface area contributed by atoms with Gasteiger partial charge in [0.15, 0.2) is 0 Å². The Morgan fingerprint density at radius 3 is 2.68 bits per heavy atom. The molecule has 2 heterocycles. The first-order chi connectivity index (χ1) is 15.1. The van der Waals surface area contributed by atoms with Gasteiger partial charge in [-0.15, -0.1) is 0 Å². The van der Waals surface area contributed by atoms with E-state index in [1.165, 1.54) is 5.56 Å². The minimum absolute atomic E-state index is 0.219. The van der Waals surface area contributed by atoms with Crippen molar-refractivity contribution < 1.29 is 18.7 Å². The fraction of sp³-hybridized carbons (Fsp3) is 0.360. The molecule has 1 fully saturated rings. The Kier molecular flexibility index (Phi) is 6.55. The van der Waals surface area contributed by atoms with Crippen LogP contribution in [0.25, 0.3) is 11.5 Å². The molecule has 1 aliphatic heterocycles. The van der Waals surface area contributed by atoms with E-state index in [4.69, 9.17) is 13.9 Å². The summed E-state index contributed by atoms with van der Waals surface area (Å²) in [4.78, 5) is 18.3. The third kappa shape index (κ3) is 5.08. The molecule has 1 aliphatic rings. The molecule has 1 atom stereocenters. The van der Waals surface area contributed by atoms with Crippen LogP contribution in [0, 0.1) is 6.92 Å². The van der Waals surface area contributed by atoms with Gasteiger partial charge in [0, 0.05) is 31.0 Å². The van der Waals surface area contributed by atoms with Crippen molar-refractivity contribution in [3.63, 3.8) is 0 Å². The van der Waals surface area contributed by atoms with Crippen LogP contribution in [-0.4, -0.2) is 42.3 Å². The normalized spacial score (nSPS) is 15.8. The Morgan fingerprint density at radius 1 is 1.16 bits per heavy atom. The number of carbonyl (C=O) groups is 1. The van der Waals surface area contributed by atoms with Crippen molar-refractivity contribution in [2.24, 2.45) is 0 Å². The maximum absolute atomic E-state index is 11.9. The fourth-order valence-electron chi connectivity index (χ4n) is 3.88. The van der Waals surface area contributed by atoms with Crippen molar-refractivity contribution >= 4 is 6.09 Å². The zero-order chi connectivity index (χ0) is 21.6. The quantitative estimate of drug-likeness (QED) is 0.524. The fourth-order valence-corrected chi connectivity index (χ4v) is 3.88. The third-order valence-electron chi connectivity index (χ3n) is 5.59. The molecule has 0 radical (unpaired) electrons. The number of aryl methyl sites for hydroxylation is 1. The first-order valence-corrected chi connectivity index (χ1v) is 10.8. The number of hydrogen-bond acceptors (Lipinski definition) is 5. The summed E-state index contributed by atoms with van der Waals surface area (Å²) in [5, 5.41) is 0. The van der Waals surface area contributed by atoms with Crippen molar-refractivity contribution in [3.8, 4) is 17.2 Å². The molecule has 31 heavy (non-hydrogen) atoms. The number of likely N-dealkylation sites (tertiary alicyclic amines) is 1. The highest BCUT2D eigenvalue weighted by atomic mass is 16.6. The van der Waals surface area contributed by atoms with Crippen LogP contribution < -0.4 is 4.74 Å². The molecule has 1 saturated heterocycles. The number of amides is 1. The molecular formula is C25H28N2O4. The number of rotatable bonds is 7. The van der Waals surface area contributed by atoms with Gasteiger partial charge < -0.3 is 18.8 Å². The Labute approximate surface area is 182 Å². The van der Waals surface area contributed by atoms with Crippen LogP contribution in [0.3, 0.4) is 0 Å². The zero-order valence-corrected chi connectivity index (χ0v) is 18.0. The van der Waals surface area contributed by atoms with Gasteiger partial charge in [0.1, 0.15) is 11.5 Å². The van der Waals surface area contributed by atoms with Gasteiger partial charge in [0.25, 0.3) is 0 Å². The Morgan fingerprint density at radius 2 is 1.94 bits per heavy atom. The topological polar surface area (TPSA) is 64.8 Å². The van der Waals surface area contributed by atoms with Crippen molar-refractivity contribution in [3.05, 3.63) is 71.6 Å². The summed E-state index contributed by atoms with van der Waals surface area (Å²) in [6.45, 7) is 6.15. The highest BCUT2D eigenvalue weighted by Gasteiger charge is 2.28. The summed E-state index contributed by atoms with van der Waals surface area (Å²) >= 11 is 0. The van der Waals surface area contributed by atoms with E-state index >= 15 is 0 Å². The van der Waals surface area contributed by atoms with E-state index in [0.717, 1.165) is 35.7 Å². The Hall–Kier alpha value is -3.28. The van der Waals surface area contributed by atoms with E-state index in [-0.39, 0.29) is 6.09 Å².